The third-order valence-corrected chi connectivity index (χ3v) is 3.60. The van der Waals surface area contributed by atoms with Crippen LogP contribution in [0.4, 0.5) is 0 Å². The highest BCUT2D eigenvalue weighted by atomic mass is 79.9. The summed E-state index contributed by atoms with van der Waals surface area (Å²) >= 11 is 3.51. The predicted octanol–water partition coefficient (Wildman–Crippen LogP) is 3.81. The van der Waals surface area contributed by atoms with E-state index in [4.69, 9.17) is 14.2 Å². The minimum absolute atomic E-state index is 0.266. The summed E-state index contributed by atoms with van der Waals surface area (Å²) < 4.78 is 17.4. The minimum atomic E-state index is 0.266. The van der Waals surface area contributed by atoms with E-state index in [2.05, 4.69) is 15.9 Å². The molecule has 0 saturated carbocycles. The molecule has 0 aromatic heterocycles. The van der Waals surface area contributed by atoms with Gasteiger partial charge in [-0.2, -0.15) is 0 Å². The second-order valence-electron chi connectivity index (χ2n) is 4.63. The quantitative estimate of drug-likeness (QED) is 0.753. The molecule has 1 aliphatic heterocycles. The molecule has 0 radical (unpaired) electrons. The Bertz CT molecular complexity index is 567. The summed E-state index contributed by atoms with van der Waals surface area (Å²) in [6.07, 6.45) is 0.266. The molecule has 2 aromatic carbocycles. The standard InChI is InChI=1S/C16H15BrO3/c17-15-8-13(18-10-14-11-19-14)6-7-16(15)20-9-12-4-2-1-3-5-12/h1-8,14H,9-11H2. The number of benzene rings is 2. The van der Waals surface area contributed by atoms with Crippen molar-refractivity contribution in [3.05, 3.63) is 58.6 Å². The third-order valence-electron chi connectivity index (χ3n) is 2.98. The molecule has 0 spiro atoms. The first-order chi connectivity index (χ1) is 9.81. The van der Waals surface area contributed by atoms with Crippen molar-refractivity contribution >= 4 is 15.9 Å². The van der Waals surface area contributed by atoms with E-state index in [0.29, 0.717) is 13.2 Å². The Morgan fingerprint density at radius 3 is 2.60 bits per heavy atom. The summed E-state index contributed by atoms with van der Waals surface area (Å²) in [7, 11) is 0. The van der Waals surface area contributed by atoms with E-state index in [9.17, 15) is 0 Å². The maximum absolute atomic E-state index is 5.79. The fourth-order valence-electron chi connectivity index (χ4n) is 1.78. The Kier molecular flexibility index (Phi) is 4.23. The Balaban J connectivity index is 1.58. The van der Waals surface area contributed by atoms with Crippen LogP contribution in [0.5, 0.6) is 11.5 Å². The van der Waals surface area contributed by atoms with Gasteiger partial charge in [0.15, 0.2) is 0 Å². The molecule has 1 atom stereocenters. The molecule has 1 aliphatic rings. The van der Waals surface area contributed by atoms with Crippen LogP contribution in [0.3, 0.4) is 0 Å². The fraction of sp³-hybridized carbons (Fsp3) is 0.250. The molecule has 1 unspecified atom stereocenters. The van der Waals surface area contributed by atoms with E-state index >= 15 is 0 Å². The summed E-state index contributed by atoms with van der Waals surface area (Å²) in [5.74, 6) is 1.63. The number of hydrogen-bond acceptors (Lipinski definition) is 3. The van der Waals surface area contributed by atoms with Crippen molar-refractivity contribution in [3.63, 3.8) is 0 Å². The maximum atomic E-state index is 5.79. The van der Waals surface area contributed by atoms with Crippen molar-refractivity contribution in [3.8, 4) is 11.5 Å². The van der Waals surface area contributed by atoms with Crippen LogP contribution in [0.15, 0.2) is 53.0 Å². The van der Waals surface area contributed by atoms with Gasteiger partial charge in [0.2, 0.25) is 0 Å². The van der Waals surface area contributed by atoms with Gasteiger partial charge in [-0.1, -0.05) is 30.3 Å². The zero-order valence-corrected chi connectivity index (χ0v) is 12.5. The molecule has 104 valence electrons. The molecule has 1 saturated heterocycles. The zero-order chi connectivity index (χ0) is 13.8. The Hall–Kier alpha value is -1.52. The second kappa shape index (κ2) is 6.29. The molecular weight excluding hydrogens is 320 g/mol. The van der Waals surface area contributed by atoms with Crippen molar-refractivity contribution < 1.29 is 14.2 Å². The lowest BCUT2D eigenvalue weighted by Crippen LogP contribution is -2.04. The van der Waals surface area contributed by atoms with Crippen molar-refractivity contribution in [1.82, 2.24) is 0 Å². The van der Waals surface area contributed by atoms with Crippen molar-refractivity contribution in [2.24, 2.45) is 0 Å². The molecule has 3 nitrogen and oxygen atoms in total. The molecule has 1 heterocycles. The minimum Gasteiger partial charge on any atom is -0.491 e. The van der Waals surface area contributed by atoms with Crippen molar-refractivity contribution in [2.45, 2.75) is 12.7 Å². The molecule has 4 heteroatoms. The van der Waals surface area contributed by atoms with Crippen LogP contribution in [0.25, 0.3) is 0 Å². The lowest BCUT2D eigenvalue weighted by molar-refractivity contribution is 0.261. The highest BCUT2D eigenvalue weighted by Gasteiger charge is 2.23. The Morgan fingerprint density at radius 2 is 1.90 bits per heavy atom. The van der Waals surface area contributed by atoms with Crippen LogP contribution >= 0.6 is 15.9 Å². The van der Waals surface area contributed by atoms with Crippen molar-refractivity contribution in [2.75, 3.05) is 13.2 Å². The maximum Gasteiger partial charge on any atom is 0.134 e. The van der Waals surface area contributed by atoms with E-state index in [-0.39, 0.29) is 6.10 Å². The van der Waals surface area contributed by atoms with Crippen LogP contribution in [-0.4, -0.2) is 19.3 Å². The molecule has 0 bridgehead atoms. The molecule has 1 fully saturated rings. The molecule has 0 N–H and O–H groups in total. The van der Waals surface area contributed by atoms with Gasteiger partial charge in [-0.15, -0.1) is 0 Å². The monoisotopic (exact) mass is 334 g/mol. The van der Waals surface area contributed by atoms with Crippen LogP contribution < -0.4 is 9.47 Å². The largest absolute Gasteiger partial charge is 0.491 e. The van der Waals surface area contributed by atoms with Gasteiger partial charge in [-0.25, -0.2) is 0 Å². The highest BCUT2D eigenvalue weighted by Crippen LogP contribution is 2.30. The number of epoxide rings is 1. The molecular formula is C16H15BrO3. The number of ether oxygens (including phenoxy) is 3. The Labute approximate surface area is 126 Å². The van der Waals surface area contributed by atoms with Gasteiger partial charge in [0.1, 0.15) is 30.8 Å². The van der Waals surface area contributed by atoms with Gasteiger partial charge in [0.05, 0.1) is 11.1 Å². The highest BCUT2D eigenvalue weighted by molar-refractivity contribution is 9.10. The fourth-order valence-corrected chi connectivity index (χ4v) is 2.25. The lowest BCUT2D eigenvalue weighted by atomic mass is 10.2. The summed E-state index contributed by atoms with van der Waals surface area (Å²) in [4.78, 5) is 0. The first-order valence-electron chi connectivity index (χ1n) is 6.52. The van der Waals surface area contributed by atoms with Gasteiger partial charge in [-0.05, 0) is 39.7 Å². The topological polar surface area (TPSA) is 31.0 Å². The Morgan fingerprint density at radius 1 is 1.10 bits per heavy atom. The summed E-state index contributed by atoms with van der Waals surface area (Å²) in [5, 5.41) is 0. The van der Waals surface area contributed by atoms with Crippen LogP contribution in [0, 0.1) is 0 Å². The van der Waals surface area contributed by atoms with E-state index in [1.807, 2.05) is 48.5 Å². The first-order valence-corrected chi connectivity index (χ1v) is 7.31. The van der Waals surface area contributed by atoms with Gasteiger partial charge >= 0.3 is 0 Å². The summed E-state index contributed by atoms with van der Waals surface area (Å²) in [6.45, 7) is 1.96. The molecule has 20 heavy (non-hydrogen) atoms. The van der Waals surface area contributed by atoms with Crippen molar-refractivity contribution in [1.29, 1.82) is 0 Å². The predicted molar refractivity (Wildman–Crippen MR) is 80.2 cm³/mol. The summed E-state index contributed by atoms with van der Waals surface area (Å²) in [6, 6.07) is 15.8. The van der Waals surface area contributed by atoms with Gasteiger partial charge in [-0.3, -0.25) is 0 Å². The number of rotatable bonds is 6. The normalized spacial score (nSPS) is 16.8. The average Bonchev–Trinajstić information content (AvgIpc) is 3.29. The third kappa shape index (κ3) is 3.74. The SMILES string of the molecule is Brc1cc(OCC2CO2)ccc1OCc1ccccc1. The van der Waals surface area contributed by atoms with E-state index < -0.39 is 0 Å². The van der Waals surface area contributed by atoms with Crippen LogP contribution in [-0.2, 0) is 11.3 Å². The molecule has 2 aromatic rings. The second-order valence-corrected chi connectivity index (χ2v) is 5.49. The molecule has 0 aliphatic carbocycles. The van der Waals surface area contributed by atoms with E-state index in [1.165, 1.54) is 0 Å². The molecule has 0 amide bonds. The van der Waals surface area contributed by atoms with Gasteiger partial charge < -0.3 is 14.2 Å². The van der Waals surface area contributed by atoms with Crippen LogP contribution in [0.1, 0.15) is 5.56 Å². The average molecular weight is 335 g/mol. The van der Waals surface area contributed by atoms with Crippen LogP contribution in [0.2, 0.25) is 0 Å². The van der Waals surface area contributed by atoms with Gasteiger partial charge in [0.25, 0.3) is 0 Å². The molecule has 3 rings (SSSR count). The van der Waals surface area contributed by atoms with E-state index in [1.54, 1.807) is 0 Å². The van der Waals surface area contributed by atoms with E-state index in [0.717, 1.165) is 28.1 Å². The smallest absolute Gasteiger partial charge is 0.134 e. The number of hydrogen-bond donors (Lipinski definition) is 0. The number of halogens is 1. The lowest BCUT2D eigenvalue weighted by Gasteiger charge is -2.10. The first kappa shape index (κ1) is 13.5. The summed E-state index contributed by atoms with van der Waals surface area (Å²) in [5.41, 5.74) is 1.14. The zero-order valence-electron chi connectivity index (χ0n) is 10.9. The van der Waals surface area contributed by atoms with Gasteiger partial charge in [0, 0.05) is 0 Å².